The average Bonchev–Trinajstić information content (AvgIpc) is 2.15. The van der Waals surface area contributed by atoms with Gasteiger partial charge in [0, 0.05) is 27.8 Å². The van der Waals surface area contributed by atoms with Crippen LogP contribution in [0.4, 0.5) is 0 Å². The van der Waals surface area contributed by atoms with Crippen molar-refractivity contribution in [3.8, 4) is 0 Å². The van der Waals surface area contributed by atoms with Crippen LogP contribution in [-0.4, -0.2) is 45.3 Å². The van der Waals surface area contributed by atoms with Crippen LogP contribution in [0.3, 0.4) is 0 Å². The van der Waals surface area contributed by atoms with Gasteiger partial charge in [0.1, 0.15) is 6.10 Å². The van der Waals surface area contributed by atoms with E-state index >= 15 is 0 Å². The van der Waals surface area contributed by atoms with Gasteiger partial charge in [0.2, 0.25) is 6.29 Å². The fourth-order valence-corrected chi connectivity index (χ4v) is 1.03. The Morgan fingerprint density at radius 2 is 1.57 bits per heavy atom. The Morgan fingerprint density at radius 3 is 1.86 bits per heavy atom. The number of hydrogen-bond acceptors (Lipinski definition) is 5. The lowest BCUT2D eigenvalue weighted by Crippen LogP contribution is -2.32. The lowest BCUT2D eigenvalue weighted by molar-refractivity contribution is -0.160. The minimum atomic E-state index is -0.924. The van der Waals surface area contributed by atoms with Gasteiger partial charge in [-0.05, 0) is 6.92 Å². The molecular weight excluding hydrogens is 188 g/mol. The van der Waals surface area contributed by atoms with Gasteiger partial charge in [-0.1, -0.05) is 0 Å². The molecule has 0 rings (SSSR count). The molecule has 5 nitrogen and oxygen atoms in total. The third-order valence-corrected chi connectivity index (χ3v) is 1.82. The highest BCUT2D eigenvalue weighted by Crippen LogP contribution is 2.04. The fourth-order valence-electron chi connectivity index (χ4n) is 1.03. The number of methoxy groups -OCH3 is 3. The molecule has 1 unspecified atom stereocenters. The van der Waals surface area contributed by atoms with Crippen LogP contribution in [0.1, 0.15) is 13.3 Å². The molecule has 0 amide bonds. The second-order valence-electron chi connectivity index (χ2n) is 2.81. The zero-order chi connectivity index (χ0) is 11.1. The number of carbonyl (C=O) groups excluding carboxylic acids is 2. The molecule has 0 heterocycles. The van der Waals surface area contributed by atoms with Crippen LogP contribution in [0.15, 0.2) is 0 Å². The summed E-state index contributed by atoms with van der Waals surface area (Å²) in [5.41, 5.74) is 0. The van der Waals surface area contributed by atoms with Gasteiger partial charge < -0.3 is 14.2 Å². The first-order valence-corrected chi connectivity index (χ1v) is 4.18. The van der Waals surface area contributed by atoms with Gasteiger partial charge in [-0.3, -0.25) is 9.59 Å². The van der Waals surface area contributed by atoms with E-state index in [1.54, 1.807) is 0 Å². The van der Waals surface area contributed by atoms with Gasteiger partial charge in [-0.2, -0.15) is 0 Å². The van der Waals surface area contributed by atoms with Crippen LogP contribution >= 0.6 is 0 Å². The maximum Gasteiger partial charge on any atom is 0.217 e. The highest BCUT2D eigenvalue weighted by molar-refractivity contribution is 5.89. The van der Waals surface area contributed by atoms with E-state index in [-0.39, 0.29) is 18.0 Å². The fraction of sp³-hybridized carbons (Fsp3) is 0.778. The number of ketones is 2. The number of Topliss-reactive ketones (excluding diaryl/α,β-unsaturated/α-hetero) is 2. The van der Waals surface area contributed by atoms with Crippen molar-refractivity contribution in [3.05, 3.63) is 0 Å². The van der Waals surface area contributed by atoms with Gasteiger partial charge in [-0.15, -0.1) is 0 Å². The first kappa shape index (κ1) is 13.2. The molecule has 0 aliphatic carbocycles. The van der Waals surface area contributed by atoms with Crippen molar-refractivity contribution in [1.29, 1.82) is 0 Å². The third kappa shape index (κ3) is 3.95. The number of ether oxygens (including phenoxy) is 3. The molecule has 0 spiro atoms. The molecular formula is C9H16O5. The molecule has 0 fully saturated rings. The summed E-state index contributed by atoms with van der Waals surface area (Å²) < 4.78 is 14.3. The summed E-state index contributed by atoms with van der Waals surface area (Å²) in [4.78, 5) is 22.3. The standard InChI is InChI=1S/C9H16O5/c1-6(10)8(12-2)5-7(11)9(13-3)14-4/h8-9H,5H2,1-4H3. The highest BCUT2D eigenvalue weighted by Gasteiger charge is 2.23. The summed E-state index contributed by atoms with van der Waals surface area (Å²) in [6.07, 6.45) is -1.67. The molecule has 0 aromatic heterocycles. The van der Waals surface area contributed by atoms with Crippen molar-refractivity contribution in [2.45, 2.75) is 25.7 Å². The average molecular weight is 204 g/mol. The van der Waals surface area contributed by atoms with E-state index in [4.69, 9.17) is 14.2 Å². The Hall–Kier alpha value is -0.780. The normalized spacial score (nSPS) is 12.9. The first-order chi connectivity index (χ1) is 6.56. The lowest BCUT2D eigenvalue weighted by atomic mass is 10.1. The van der Waals surface area contributed by atoms with Gasteiger partial charge in [0.05, 0.1) is 0 Å². The monoisotopic (exact) mass is 204 g/mol. The molecule has 14 heavy (non-hydrogen) atoms. The predicted molar refractivity (Wildman–Crippen MR) is 48.9 cm³/mol. The van der Waals surface area contributed by atoms with Gasteiger partial charge in [-0.25, -0.2) is 0 Å². The minimum absolute atomic E-state index is 0.0296. The third-order valence-electron chi connectivity index (χ3n) is 1.82. The van der Waals surface area contributed by atoms with E-state index in [1.807, 2.05) is 0 Å². The summed E-state index contributed by atoms with van der Waals surface area (Å²) in [6.45, 7) is 1.37. The quantitative estimate of drug-likeness (QED) is 0.553. The number of carbonyl (C=O) groups is 2. The van der Waals surface area contributed by atoms with Crippen LogP contribution < -0.4 is 0 Å². The molecule has 0 radical (unpaired) electrons. The lowest BCUT2D eigenvalue weighted by Gasteiger charge is -2.15. The number of hydrogen-bond donors (Lipinski definition) is 0. The van der Waals surface area contributed by atoms with Crippen molar-refractivity contribution >= 4 is 11.6 Å². The Kier molecular flexibility index (Phi) is 6.27. The second-order valence-corrected chi connectivity index (χ2v) is 2.81. The zero-order valence-corrected chi connectivity index (χ0v) is 8.90. The second kappa shape index (κ2) is 6.64. The van der Waals surface area contributed by atoms with Crippen LogP contribution in [0.2, 0.25) is 0 Å². The Morgan fingerprint density at radius 1 is 1.07 bits per heavy atom. The largest absolute Gasteiger partial charge is 0.373 e. The number of rotatable bonds is 7. The molecule has 0 N–H and O–H groups in total. The topological polar surface area (TPSA) is 61.8 Å². The van der Waals surface area contributed by atoms with E-state index < -0.39 is 12.4 Å². The van der Waals surface area contributed by atoms with Crippen LogP contribution in [0.25, 0.3) is 0 Å². The van der Waals surface area contributed by atoms with E-state index in [1.165, 1.54) is 28.3 Å². The minimum Gasteiger partial charge on any atom is -0.373 e. The van der Waals surface area contributed by atoms with Gasteiger partial charge in [0.15, 0.2) is 11.6 Å². The zero-order valence-electron chi connectivity index (χ0n) is 8.90. The molecule has 82 valence electrons. The van der Waals surface area contributed by atoms with Crippen LogP contribution in [0, 0.1) is 0 Å². The molecule has 0 aromatic rings. The highest BCUT2D eigenvalue weighted by atomic mass is 16.7. The molecule has 0 aliphatic heterocycles. The van der Waals surface area contributed by atoms with Gasteiger partial charge >= 0.3 is 0 Å². The maximum atomic E-state index is 11.4. The van der Waals surface area contributed by atoms with Crippen molar-refractivity contribution in [3.63, 3.8) is 0 Å². The Balaban J connectivity index is 4.20. The van der Waals surface area contributed by atoms with E-state index in [0.717, 1.165) is 0 Å². The van der Waals surface area contributed by atoms with Crippen LogP contribution in [-0.2, 0) is 23.8 Å². The van der Waals surface area contributed by atoms with E-state index in [2.05, 4.69) is 0 Å². The first-order valence-electron chi connectivity index (χ1n) is 4.18. The summed E-state index contributed by atoms with van der Waals surface area (Å²) in [6, 6.07) is 0. The molecule has 0 saturated heterocycles. The van der Waals surface area contributed by atoms with E-state index in [0.29, 0.717) is 0 Å². The maximum absolute atomic E-state index is 11.4. The molecule has 0 aliphatic rings. The predicted octanol–water partition coefficient (Wildman–Crippen LogP) is 0.168. The van der Waals surface area contributed by atoms with Crippen molar-refractivity contribution < 1.29 is 23.8 Å². The smallest absolute Gasteiger partial charge is 0.217 e. The molecule has 0 saturated carbocycles. The summed E-state index contributed by atoms with van der Waals surface area (Å²) >= 11 is 0. The van der Waals surface area contributed by atoms with Crippen molar-refractivity contribution in [2.24, 2.45) is 0 Å². The molecule has 5 heteroatoms. The summed E-state index contributed by atoms with van der Waals surface area (Å²) in [5, 5.41) is 0. The summed E-state index contributed by atoms with van der Waals surface area (Å²) in [5.74, 6) is -0.496. The molecule has 0 aromatic carbocycles. The molecule has 1 atom stereocenters. The Labute approximate surface area is 83.3 Å². The van der Waals surface area contributed by atoms with E-state index in [9.17, 15) is 9.59 Å². The SMILES string of the molecule is COC(CC(=O)C(OC)OC)C(C)=O. The summed E-state index contributed by atoms with van der Waals surface area (Å²) in [7, 11) is 4.11. The van der Waals surface area contributed by atoms with Gasteiger partial charge in [0.25, 0.3) is 0 Å². The Bertz CT molecular complexity index is 197. The van der Waals surface area contributed by atoms with Crippen molar-refractivity contribution in [2.75, 3.05) is 21.3 Å². The van der Waals surface area contributed by atoms with Crippen molar-refractivity contribution in [1.82, 2.24) is 0 Å². The molecule has 0 bridgehead atoms. The van der Waals surface area contributed by atoms with Crippen LogP contribution in [0.5, 0.6) is 0 Å².